The molecule has 1 N–H and O–H groups in total. The highest BCUT2D eigenvalue weighted by atomic mass is 16.1. The van der Waals surface area contributed by atoms with Crippen molar-refractivity contribution in [3.8, 4) is 0 Å². The number of amides is 1. The molecule has 1 saturated carbocycles. The summed E-state index contributed by atoms with van der Waals surface area (Å²) >= 11 is 0. The molecular weight excluding hydrogens is 234 g/mol. The Bertz CT molecular complexity index is 438. The second kappa shape index (κ2) is 6.55. The molecule has 2 rings (SSSR count). The third-order valence-electron chi connectivity index (χ3n) is 4.26. The van der Waals surface area contributed by atoms with Gasteiger partial charge in [0.1, 0.15) is 0 Å². The van der Waals surface area contributed by atoms with E-state index in [0.29, 0.717) is 17.9 Å². The maximum Gasteiger partial charge on any atom is 0.244 e. The smallest absolute Gasteiger partial charge is 0.244 e. The fourth-order valence-electron chi connectivity index (χ4n) is 2.75. The van der Waals surface area contributed by atoms with Crippen molar-refractivity contribution in [1.29, 1.82) is 0 Å². The van der Waals surface area contributed by atoms with Gasteiger partial charge in [0.05, 0.1) is 0 Å². The summed E-state index contributed by atoms with van der Waals surface area (Å²) in [6.07, 6.45) is 7.12. The quantitative estimate of drug-likeness (QED) is 0.823. The van der Waals surface area contributed by atoms with E-state index in [9.17, 15) is 4.79 Å². The van der Waals surface area contributed by atoms with Crippen LogP contribution in [0.4, 0.5) is 0 Å². The summed E-state index contributed by atoms with van der Waals surface area (Å²) in [6.45, 7) is 4.53. The van der Waals surface area contributed by atoms with E-state index in [0.717, 1.165) is 12.0 Å². The highest BCUT2D eigenvalue weighted by Crippen LogP contribution is 2.29. The lowest BCUT2D eigenvalue weighted by Crippen LogP contribution is -2.43. The molecule has 2 heteroatoms. The van der Waals surface area contributed by atoms with Crippen LogP contribution in [-0.2, 0) is 4.79 Å². The number of hydrogen-bond donors (Lipinski definition) is 1. The second-order valence-corrected chi connectivity index (χ2v) is 5.63. The number of nitrogens with one attached hydrogen (secondary N) is 1. The third kappa shape index (κ3) is 3.95. The van der Waals surface area contributed by atoms with Crippen LogP contribution in [0, 0.1) is 11.8 Å². The standard InChI is InChI=1S/C17H23NO/c1-13-7-6-10-16(14(13)2)18-17(19)12-11-15-8-4-3-5-9-15/h3-5,8-9,11-14,16H,6-7,10H2,1-2H3,(H,18,19)/b12-11+/t13-,14-,16+/m1/s1. The number of rotatable bonds is 3. The van der Waals surface area contributed by atoms with Crippen LogP contribution in [0.5, 0.6) is 0 Å². The average Bonchev–Trinajstić information content (AvgIpc) is 2.43. The predicted octanol–water partition coefficient (Wildman–Crippen LogP) is 3.64. The first kappa shape index (κ1) is 13.9. The molecule has 1 aromatic carbocycles. The molecule has 0 bridgehead atoms. The van der Waals surface area contributed by atoms with Gasteiger partial charge in [0, 0.05) is 12.1 Å². The highest BCUT2D eigenvalue weighted by molar-refractivity contribution is 5.91. The Balaban J connectivity index is 1.89. The Hall–Kier alpha value is -1.57. The lowest BCUT2D eigenvalue weighted by molar-refractivity contribution is -0.117. The van der Waals surface area contributed by atoms with Crippen LogP contribution >= 0.6 is 0 Å². The van der Waals surface area contributed by atoms with Crippen molar-refractivity contribution in [3.63, 3.8) is 0 Å². The average molecular weight is 257 g/mol. The van der Waals surface area contributed by atoms with Crippen molar-refractivity contribution in [2.75, 3.05) is 0 Å². The van der Waals surface area contributed by atoms with E-state index >= 15 is 0 Å². The Morgan fingerprint density at radius 3 is 2.68 bits per heavy atom. The summed E-state index contributed by atoms with van der Waals surface area (Å²) in [4.78, 5) is 11.9. The van der Waals surface area contributed by atoms with Gasteiger partial charge in [-0.2, -0.15) is 0 Å². The van der Waals surface area contributed by atoms with E-state index in [-0.39, 0.29) is 5.91 Å². The van der Waals surface area contributed by atoms with Gasteiger partial charge < -0.3 is 5.32 Å². The monoisotopic (exact) mass is 257 g/mol. The zero-order chi connectivity index (χ0) is 13.7. The van der Waals surface area contributed by atoms with Crippen LogP contribution in [0.15, 0.2) is 36.4 Å². The molecule has 19 heavy (non-hydrogen) atoms. The van der Waals surface area contributed by atoms with Crippen LogP contribution in [0.25, 0.3) is 6.08 Å². The normalized spacial score (nSPS) is 27.4. The van der Waals surface area contributed by atoms with E-state index in [1.807, 2.05) is 36.4 Å². The molecule has 0 radical (unpaired) electrons. The first-order chi connectivity index (χ1) is 9.16. The summed E-state index contributed by atoms with van der Waals surface area (Å²) in [5.74, 6) is 1.30. The summed E-state index contributed by atoms with van der Waals surface area (Å²) < 4.78 is 0. The van der Waals surface area contributed by atoms with E-state index in [2.05, 4.69) is 19.2 Å². The number of carbonyl (C=O) groups is 1. The van der Waals surface area contributed by atoms with Crippen molar-refractivity contribution in [2.24, 2.45) is 11.8 Å². The van der Waals surface area contributed by atoms with E-state index in [4.69, 9.17) is 0 Å². The van der Waals surface area contributed by atoms with Gasteiger partial charge in [-0.1, -0.05) is 57.0 Å². The van der Waals surface area contributed by atoms with E-state index in [1.165, 1.54) is 12.8 Å². The van der Waals surface area contributed by atoms with Crippen LogP contribution in [0.3, 0.4) is 0 Å². The Labute approximate surface area is 115 Å². The Kier molecular flexibility index (Phi) is 4.78. The molecule has 1 amide bonds. The molecule has 3 atom stereocenters. The van der Waals surface area contributed by atoms with Crippen molar-refractivity contribution < 1.29 is 4.79 Å². The van der Waals surface area contributed by atoms with Crippen LogP contribution in [0.1, 0.15) is 38.7 Å². The van der Waals surface area contributed by atoms with Gasteiger partial charge in [0.25, 0.3) is 0 Å². The molecular formula is C17H23NO. The maximum absolute atomic E-state index is 11.9. The van der Waals surface area contributed by atoms with Crippen LogP contribution in [0.2, 0.25) is 0 Å². The van der Waals surface area contributed by atoms with Gasteiger partial charge in [-0.3, -0.25) is 4.79 Å². The van der Waals surface area contributed by atoms with Gasteiger partial charge in [0.15, 0.2) is 0 Å². The molecule has 0 aromatic heterocycles. The molecule has 0 unspecified atom stereocenters. The van der Waals surface area contributed by atoms with Crippen molar-refractivity contribution >= 4 is 12.0 Å². The zero-order valence-corrected chi connectivity index (χ0v) is 11.8. The fraction of sp³-hybridized carbons (Fsp3) is 0.471. The summed E-state index contributed by atoms with van der Waals surface area (Å²) in [6, 6.07) is 10.2. The fourth-order valence-corrected chi connectivity index (χ4v) is 2.75. The third-order valence-corrected chi connectivity index (χ3v) is 4.26. The minimum atomic E-state index is 0.0230. The van der Waals surface area contributed by atoms with Gasteiger partial charge in [0.2, 0.25) is 5.91 Å². The molecule has 1 aromatic rings. The predicted molar refractivity (Wildman–Crippen MR) is 79.6 cm³/mol. The number of hydrogen-bond acceptors (Lipinski definition) is 1. The first-order valence-electron chi connectivity index (χ1n) is 7.20. The van der Waals surface area contributed by atoms with Gasteiger partial charge in [-0.15, -0.1) is 0 Å². The summed E-state index contributed by atoms with van der Waals surface area (Å²) in [5, 5.41) is 3.14. The van der Waals surface area contributed by atoms with Crippen LogP contribution in [-0.4, -0.2) is 11.9 Å². The molecule has 1 aliphatic carbocycles. The zero-order valence-electron chi connectivity index (χ0n) is 11.8. The topological polar surface area (TPSA) is 29.1 Å². The largest absolute Gasteiger partial charge is 0.350 e. The Morgan fingerprint density at radius 1 is 1.21 bits per heavy atom. The van der Waals surface area contributed by atoms with E-state index < -0.39 is 0 Å². The van der Waals surface area contributed by atoms with Gasteiger partial charge in [-0.05, 0) is 29.9 Å². The van der Waals surface area contributed by atoms with Crippen molar-refractivity contribution in [3.05, 3.63) is 42.0 Å². The second-order valence-electron chi connectivity index (χ2n) is 5.63. The van der Waals surface area contributed by atoms with Gasteiger partial charge in [-0.25, -0.2) is 0 Å². The number of carbonyl (C=O) groups excluding carboxylic acids is 1. The number of benzene rings is 1. The van der Waals surface area contributed by atoms with Gasteiger partial charge >= 0.3 is 0 Å². The molecule has 0 heterocycles. The van der Waals surface area contributed by atoms with Crippen LogP contribution < -0.4 is 5.32 Å². The molecule has 1 fully saturated rings. The van der Waals surface area contributed by atoms with Crippen molar-refractivity contribution in [1.82, 2.24) is 5.32 Å². The molecule has 1 aliphatic rings. The lowest BCUT2D eigenvalue weighted by Gasteiger charge is -2.34. The molecule has 0 saturated heterocycles. The molecule has 2 nitrogen and oxygen atoms in total. The minimum Gasteiger partial charge on any atom is -0.350 e. The Morgan fingerprint density at radius 2 is 1.95 bits per heavy atom. The summed E-state index contributed by atoms with van der Waals surface area (Å²) in [7, 11) is 0. The molecule has 102 valence electrons. The first-order valence-corrected chi connectivity index (χ1v) is 7.20. The maximum atomic E-state index is 11.9. The minimum absolute atomic E-state index is 0.0230. The van der Waals surface area contributed by atoms with Crippen molar-refractivity contribution in [2.45, 2.75) is 39.2 Å². The van der Waals surface area contributed by atoms with E-state index in [1.54, 1.807) is 6.08 Å². The SMILES string of the molecule is C[C@@H]1[C@H](C)CCC[C@@H]1NC(=O)/C=C/c1ccccc1. The molecule has 0 spiro atoms. The molecule has 0 aliphatic heterocycles. The lowest BCUT2D eigenvalue weighted by atomic mass is 9.78. The highest BCUT2D eigenvalue weighted by Gasteiger charge is 2.27. The summed E-state index contributed by atoms with van der Waals surface area (Å²) in [5.41, 5.74) is 1.06.